The van der Waals surface area contributed by atoms with Crippen molar-refractivity contribution in [3.63, 3.8) is 0 Å². The number of aryl methyl sites for hydroxylation is 2. The molecule has 0 amide bonds. The summed E-state index contributed by atoms with van der Waals surface area (Å²) in [5, 5.41) is 4.34. The molecule has 0 aliphatic heterocycles. The Kier molecular flexibility index (Phi) is 3.94. The monoisotopic (exact) mass is 262 g/mol. The van der Waals surface area contributed by atoms with Crippen LogP contribution in [0.5, 0.6) is 17.2 Å². The minimum absolute atomic E-state index is 0.394. The molecule has 0 N–H and O–H groups in total. The standard InChI is InChI=1S/C14H18N2O3/c1-10-8-11(15-16(10)2)9-19-13-7-5-6-12(17-3)14(13)18-4/h5-8H,9H2,1-4H3. The second kappa shape index (κ2) is 5.65. The molecule has 1 aromatic carbocycles. The van der Waals surface area contributed by atoms with Gasteiger partial charge >= 0.3 is 0 Å². The molecule has 2 rings (SSSR count). The highest BCUT2D eigenvalue weighted by Crippen LogP contribution is 2.36. The number of nitrogens with zero attached hydrogens (tertiary/aromatic N) is 2. The van der Waals surface area contributed by atoms with E-state index in [9.17, 15) is 0 Å². The van der Waals surface area contributed by atoms with Crippen LogP contribution < -0.4 is 14.2 Å². The van der Waals surface area contributed by atoms with Gasteiger partial charge in [-0.05, 0) is 25.1 Å². The Bertz CT molecular complexity index is 544. The van der Waals surface area contributed by atoms with Crippen molar-refractivity contribution in [2.24, 2.45) is 7.05 Å². The van der Waals surface area contributed by atoms with Crippen LogP contribution in [0.25, 0.3) is 0 Å². The van der Waals surface area contributed by atoms with Gasteiger partial charge in [0, 0.05) is 12.7 Å². The van der Waals surface area contributed by atoms with Crippen LogP contribution in [0.4, 0.5) is 0 Å². The van der Waals surface area contributed by atoms with Gasteiger partial charge in [0.1, 0.15) is 12.3 Å². The van der Waals surface area contributed by atoms with E-state index in [1.807, 2.05) is 42.9 Å². The lowest BCUT2D eigenvalue weighted by Crippen LogP contribution is -2.00. The Labute approximate surface area is 112 Å². The van der Waals surface area contributed by atoms with Crippen molar-refractivity contribution in [3.05, 3.63) is 35.7 Å². The van der Waals surface area contributed by atoms with E-state index in [-0.39, 0.29) is 0 Å². The van der Waals surface area contributed by atoms with Crippen molar-refractivity contribution in [2.75, 3.05) is 14.2 Å². The molecule has 0 bridgehead atoms. The van der Waals surface area contributed by atoms with Crippen molar-refractivity contribution >= 4 is 0 Å². The van der Waals surface area contributed by atoms with E-state index in [2.05, 4.69) is 5.10 Å². The van der Waals surface area contributed by atoms with Crippen molar-refractivity contribution < 1.29 is 14.2 Å². The summed E-state index contributed by atoms with van der Waals surface area (Å²) in [6.45, 7) is 2.40. The van der Waals surface area contributed by atoms with Crippen molar-refractivity contribution in [2.45, 2.75) is 13.5 Å². The van der Waals surface area contributed by atoms with Gasteiger partial charge in [0.2, 0.25) is 5.75 Å². The molecule has 5 nitrogen and oxygen atoms in total. The van der Waals surface area contributed by atoms with E-state index >= 15 is 0 Å². The molecule has 0 saturated heterocycles. The summed E-state index contributed by atoms with van der Waals surface area (Å²) >= 11 is 0. The third-order valence-electron chi connectivity index (χ3n) is 2.91. The zero-order chi connectivity index (χ0) is 13.8. The maximum absolute atomic E-state index is 5.74. The Balaban J connectivity index is 2.15. The quantitative estimate of drug-likeness (QED) is 0.829. The number of aromatic nitrogens is 2. The van der Waals surface area contributed by atoms with Gasteiger partial charge < -0.3 is 14.2 Å². The number of ether oxygens (including phenoxy) is 3. The van der Waals surface area contributed by atoms with Crippen LogP contribution in [0.3, 0.4) is 0 Å². The number of hydrogen-bond donors (Lipinski definition) is 0. The molecule has 0 spiro atoms. The van der Waals surface area contributed by atoms with E-state index in [0.717, 1.165) is 11.4 Å². The predicted octanol–water partition coefficient (Wildman–Crippen LogP) is 2.32. The average molecular weight is 262 g/mol. The van der Waals surface area contributed by atoms with Crippen molar-refractivity contribution in [1.82, 2.24) is 9.78 Å². The summed E-state index contributed by atoms with van der Waals surface area (Å²) in [6.07, 6.45) is 0. The van der Waals surface area contributed by atoms with Crippen molar-refractivity contribution in [1.29, 1.82) is 0 Å². The lowest BCUT2D eigenvalue weighted by Gasteiger charge is -2.12. The summed E-state index contributed by atoms with van der Waals surface area (Å²) in [6, 6.07) is 7.53. The maximum Gasteiger partial charge on any atom is 0.203 e. The maximum atomic E-state index is 5.74. The third kappa shape index (κ3) is 2.81. The van der Waals surface area contributed by atoms with Crippen LogP contribution in [0.2, 0.25) is 0 Å². The second-order valence-corrected chi connectivity index (χ2v) is 4.18. The summed E-state index contributed by atoms with van der Waals surface area (Å²) in [5.41, 5.74) is 1.97. The van der Waals surface area contributed by atoms with Gasteiger partial charge in [-0.15, -0.1) is 0 Å². The topological polar surface area (TPSA) is 45.5 Å². The molecular weight excluding hydrogens is 244 g/mol. The van der Waals surface area contributed by atoms with E-state index < -0.39 is 0 Å². The Morgan fingerprint density at radius 2 is 1.89 bits per heavy atom. The van der Waals surface area contributed by atoms with Crippen LogP contribution in [0, 0.1) is 6.92 Å². The van der Waals surface area contributed by atoms with Gasteiger partial charge in [-0.1, -0.05) is 6.07 Å². The highest BCUT2D eigenvalue weighted by atomic mass is 16.5. The fraction of sp³-hybridized carbons (Fsp3) is 0.357. The molecule has 0 radical (unpaired) electrons. The number of rotatable bonds is 5. The predicted molar refractivity (Wildman–Crippen MR) is 71.8 cm³/mol. The molecule has 0 aliphatic rings. The van der Waals surface area contributed by atoms with Crippen LogP contribution in [-0.4, -0.2) is 24.0 Å². The van der Waals surface area contributed by atoms with Gasteiger partial charge in [-0.25, -0.2) is 0 Å². The van der Waals surface area contributed by atoms with Crippen LogP contribution in [0.1, 0.15) is 11.4 Å². The van der Waals surface area contributed by atoms with Gasteiger partial charge in [-0.3, -0.25) is 4.68 Å². The zero-order valence-corrected chi connectivity index (χ0v) is 11.6. The molecular formula is C14H18N2O3. The summed E-state index contributed by atoms with van der Waals surface area (Å²) in [7, 11) is 5.10. The van der Waals surface area contributed by atoms with Gasteiger partial charge in [0.25, 0.3) is 0 Å². The average Bonchev–Trinajstić information content (AvgIpc) is 2.74. The van der Waals surface area contributed by atoms with E-state index in [1.54, 1.807) is 14.2 Å². The van der Waals surface area contributed by atoms with Gasteiger partial charge in [0.05, 0.1) is 14.2 Å². The highest BCUT2D eigenvalue weighted by Gasteiger charge is 2.11. The first kappa shape index (κ1) is 13.3. The number of para-hydroxylation sites is 1. The van der Waals surface area contributed by atoms with Crippen LogP contribution in [-0.2, 0) is 13.7 Å². The fourth-order valence-electron chi connectivity index (χ4n) is 1.83. The zero-order valence-electron chi connectivity index (χ0n) is 11.6. The summed E-state index contributed by atoms with van der Waals surface area (Å²) in [5.74, 6) is 1.89. The summed E-state index contributed by atoms with van der Waals surface area (Å²) in [4.78, 5) is 0. The first-order chi connectivity index (χ1) is 9.15. The van der Waals surface area contributed by atoms with Crippen LogP contribution in [0.15, 0.2) is 24.3 Å². The molecule has 1 aromatic heterocycles. The first-order valence-corrected chi connectivity index (χ1v) is 5.99. The molecule has 2 aromatic rings. The fourth-order valence-corrected chi connectivity index (χ4v) is 1.83. The number of benzene rings is 1. The van der Waals surface area contributed by atoms with E-state index in [0.29, 0.717) is 23.9 Å². The lowest BCUT2D eigenvalue weighted by molar-refractivity contribution is 0.271. The molecule has 0 saturated carbocycles. The molecule has 102 valence electrons. The minimum Gasteiger partial charge on any atom is -0.493 e. The number of methoxy groups -OCH3 is 2. The van der Waals surface area contributed by atoms with Gasteiger partial charge in [-0.2, -0.15) is 5.10 Å². The molecule has 0 fully saturated rings. The SMILES string of the molecule is COc1cccc(OCc2cc(C)n(C)n2)c1OC. The minimum atomic E-state index is 0.394. The first-order valence-electron chi connectivity index (χ1n) is 5.99. The normalized spacial score (nSPS) is 10.3. The molecule has 5 heteroatoms. The van der Waals surface area contributed by atoms with Crippen LogP contribution >= 0.6 is 0 Å². The second-order valence-electron chi connectivity index (χ2n) is 4.18. The molecule has 1 heterocycles. The van der Waals surface area contributed by atoms with Gasteiger partial charge in [0.15, 0.2) is 11.5 Å². The van der Waals surface area contributed by atoms with E-state index in [1.165, 1.54) is 0 Å². The smallest absolute Gasteiger partial charge is 0.203 e. The molecule has 0 aliphatic carbocycles. The molecule has 0 atom stereocenters. The largest absolute Gasteiger partial charge is 0.493 e. The molecule has 0 unspecified atom stereocenters. The van der Waals surface area contributed by atoms with E-state index in [4.69, 9.17) is 14.2 Å². The Morgan fingerprint density at radius 1 is 1.16 bits per heavy atom. The van der Waals surface area contributed by atoms with Crippen molar-refractivity contribution in [3.8, 4) is 17.2 Å². The highest BCUT2D eigenvalue weighted by molar-refractivity contribution is 5.51. The Hall–Kier alpha value is -2.17. The number of hydrogen-bond acceptors (Lipinski definition) is 4. The molecule has 19 heavy (non-hydrogen) atoms. The Morgan fingerprint density at radius 3 is 2.47 bits per heavy atom. The lowest BCUT2D eigenvalue weighted by atomic mass is 10.3. The third-order valence-corrected chi connectivity index (χ3v) is 2.91. The summed E-state index contributed by atoms with van der Waals surface area (Å²) < 4.78 is 18.1.